The van der Waals surface area contributed by atoms with Crippen molar-refractivity contribution in [3.63, 3.8) is 0 Å². The van der Waals surface area contributed by atoms with Crippen LogP contribution in [0.3, 0.4) is 0 Å². The summed E-state index contributed by atoms with van der Waals surface area (Å²) in [4.78, 5) is 4.58. The van der Waals surface area contributed by atoms with Gasteiger partial charge in [0.15, 0.2) is 11.5 Å². The summed E-state index contributed by atoms with van der Waals surface area (Å²) in [7, 11) is 4.74. The van der Waals surface area contributed by atoms with Gasteiger partial charge in [0.05, 0.1) is 33.1 Å². The molecule has 5 heteroatoms. The van der Waals surface area contributed by atoms with Gasteiger partial charge < -0.3 is 14.2 Å². The summed E-state index contributed by atoms with van der Waals surface area (Å²) < 4.78 is 16.2. The summed E-state index contributed by atoms with van der Waals surface area (Å²) in [5.74, 6) is 1.70. The van der Waals surface area contributed by atoms with Crippen molar-refractivity contribution in [1.29, 1.82) is 5.26 Å². The van der Waals surface area contributed by atoms with Crippen LogP contribution in [-0.2, 0) is 0 Å². The maximum absolute atomic E-state index is 8.88. The predicted octanol–water partition coefficient (Wildman–Crippen LogP) is 4.95. The molecule has 0 radical (unpaired) electrons. The summed E-state index contributed by atoms with van der Waals surface area (Å²) in [6.45, 7) is 3.83. The Morgan fingerprint density at radius 1 is 1.00 bits per heavy atom. The lowest BCUT2D eigenvalue weighted by Gasteiger charge is -2.13. The van der Waals surface area contributed by atoms with Crippen molar-refractivity contribution in [2.75, 3.05) is 21.3 Å². The number of hydrogen-bond donors (Lipinski definition) is 0. The Morgan fingerprint density at radius 2 is 1.61 bits per heavy atom. The Kier molecular flexibility index (Phi) is 7.41. The normalized spacial score (nSPS) is 12.0. The summed E-state index contributed by atoms with van der Waals surface area (Å²) in [5, 5.41) is 8.88. The van der Waals surface area contributed by atoms with Crippen LogP contribution in [-0.4, -0.2) is 27.0 Å². The zero-order valence-corrected chi connectivity index (χ0v) is 16.8. The second-order valence-corrected chi connectivity index (χ2v) is 6.07. The minimum absolute atomic E-state index is 0.544. The molecule has 0 saturated heterocycles. The molecule has 0 N–H and O–H groups in total. The van der Waals surface area contributed by atoms with E-state index in [-0.39, 0.29) is 0 Å². The summed E-state index contributed by atoms with van der Waals surface area (Å²) in [6, 6.07) is 13.8. The first-order valence-electron chi connectivity index (χ1n) is 8.72. The van der Waals surface area contributed by atoms with E-state index >= 15 is 0 Å². The van der Waals surface area contributed by atoms with Gasteiger partial charge in [-0.2, -0.15) is 5.26 Å². The molecule has 0 bridgehead atoms. The lowest BCUT2D eigenvalue weighted by Crippen LogP contribution is -1.98. The number of allylic oxidation sites excluding steroid dienone is 3. The number of rotatable bonds is 7. The van der Waals surface area contributed by atoms with E-state index in [1.165, 1.54) is 11.6 Å². The smallest absolute Gasteiger partial charge is 0.203 e. The van der Waals surface area contributed by atoms with Gasteiger partial charge in [-0.1, -0.05) is 35.9 Å². The van der Waals surface area contributed by atoms with Gasteiger partial charge in [-0.05, 0) is 37.6 Å². The minimum atomic E-state index is 0.544. The van der Waals surface area contributed by atoms with E-state index in [1.807, 2.05) is 61.5 Å². The molecule has 2 rings (SSSR count). The van der Waals surface area contributed by atoms with Gasteiger partial charge in [0.25, 0.3) is 0 Å². The molecule has 0 aromatic heterocycles. The summed E-state index contributed by atoms with van der Waals surface area (Å²) >= 11 is 0. The number of aryl methyl sites for hydroxylation is 1. The second kappa shape index (κ2) is 9.98. The van der Waals surface area contributed by atoms with Crippen molar-refractivity contribution < 1.29 is 14.2 Å². The van der Waals surface area contributed by atoms with Crippen LogP contribution in [0.4, 0.5) is 0 Å². The van der Waals surface area contributed by atoms with Gasteiger partial charge in [-0.25, -0.2) is 0 Å². The van der Waals surface area contributed by atoms with Crippen molar-refractivity contribution >= 4 is 11.8 Å². The molecule has 0 spiro atoms. The second-order valence-electron chi connectivity index (χ2n) is 6.07. The fourth-order valence-corrected chi connectivity index (χ4v) is 2.61. The zero-order valence-electron chi connectivity index (χ0n) is 16.8. The van der Waals surface area contributed by atoms with Crippen molar-refractivity contribution in [3.05, 3.63) is 70.9 Å². The molecule has 0 amide bonds. The fraction of sp³-hybridized carbons (Fsp3) is 0.217. The van der Waals surface area contributed by atoms with Crippen LogP contribution in [0, 0.1) is 18.3 Å². The first kappa shape index (κ1) is 20.8. The molecule has 0 heterocycles. The van der Waals surface area contributed by atoms with Crippen molar-refractivity contribution in [2.45, 2.75) is 13.8 Å². The number of nitrogens with zero attached hydrogens (tertiary/aromatic N) is 2. The van der Waals surface area contributed by atoms with Gasteiger partial charge in [-0.15, -0.1) is 0 Å². The largest absolute Gasteiger partial charge is 0.493 e. The summed E-state index contributed by atoms with van der Waals surface area (Å²) in [6.07, 6.45) is 5.24. The van der Waals surface area contributed by atoms with E-state index < -0.39 is 0 Å². The molecule has 0 unspecified atom stereocenters. The van der Waals surface area contributed by atoms with Gasteiger partial charge in [0.1, 0.15) is 0 Å². The van der Waals surface area contributed by atoms with E-state index in [9.17, 15) is 0 Å². The highest BCUT2D eigenvalue weighted by Gasteiger charge is 2.12. The maximum Gasteiger partial charge on any atom is 0.203 e. The number of methoxy groups -OCH3 is 3. The van der Waals surface area contributed by atoms with Crippen LogP contribution in [0.5, 0.6) is 17.2 Å². The van der Waals surface area contributed by atoms with Crippen LogP contribution in [0.25, 0.3) is 6.08 Å². The Bertz CT molecular complexity index is 924. The predicted molar refractivity (Wildman–Crippen MR) is 112 cm³/mol. The van der Waals surface area contributed by atoms with Crippen molar-refractivity contribution in [3.8, 4) is 23.3 Å². The Balaban J connectivity index is 2.49. The Hall–Kier alpha value is -3.52. The van der Waals surface area contributed by atoms with Crippen LogP contribution < -0.4 is 14.2 Å². The molecule has 0 aliphatic carbocycles. The minimum Gasteiger partial charge on any atom is -0.493 e. The number of hydrogen-bond acceptors (Lipinski definition) is 5. The molecular weight excluding hydrogens is 352 g/mol. The van der Waals surface area contributed by atoms with E-state index in [2.05, 4.69) is 4.99 Å². The third kappa shape index (κ3) is 5.24. The maximum atomic E-state index is 8.88. The third-order valence-electron chi connectivity index (χ3n) is 4.04. The third-order valence-corrected chi connectivity index (χ3v) is 4.04. The topological polar surface area (TPSA) is 63.8 Å². The van der Waals surface area contributed by atoms with Gasteiger partial charge in [0, 0.05) is 17.3 Å². The van der Waals surface area contributed by atoms with Crippen LogP contribution in [0.1, 0.15) is 23.6 Å². The zero-order chi connectivity index (χ0) is 20.5. The van der Waals surface area contributed by atoms with E-state index in [1.54, 1.807) is 28.3 Å². The molecule has 5 nitrogen and oxygen atoms in total. The number of nitriles is 1. The lowest BCUT2D eigenvalue weighted by atomic mass is 10.1. The molecule has 28 heavy (non-hydrogen) atoms. The monoisotopic (exact) mass is 376 g/mol. The van der Waals surface area contributed by atoms with Gasteiger partial charge in [-0.3, -0.25) is 4.99 Å². The molecule has 0 atom stereocenters. The molecule has 2 aromatic carbocycles. The molecular formula is C23H24N2O3. The highest BCUT2D eigenvalue weighted by atomic mass is 16.5. The molecule has 0 aliphatic rings. The molecule has 0 aliphatic heterocycles. The van der Waals surface area contributed by atoms with Crippen molar-refractivity contribution in [2.24, 2.45) is 4.99 Å². The van der Waals surface area contributed by atoms with E-state index in [0.717, 1.165) is 16.8 Å². The van der Waals surface area contributed by atoms with E-state index in [4.69, 9.17) is 19.5 Å². The Labute approximate surface area is 166 Å². The molecule has 0 fully saturated rings. The highest BCUT2D eigenvalue weighted by Crippen LogP contribution is 2.38. The number of aliphatic imine (C=N–C) groups is 1. The highest BCUT2D eigenvalue weighted by molar-refractivity contribution is 6.11. The van der Waals surface area contributed by atoms with Crippen LogP contribution in [0.2, 0.25) is 0 Å². The standard InChI is InChI=1S/C23H24N2O3/c1-16-6-9-19(10-7-16)20(25-17(2)12-13-24)11-8-18-14-21(26-3)23(28-5)22(15-18)27-4/h6-12,14-15H,1-5H3/b11-8+,17-12+,25-20+. The summed E-state index contributed by atoms with van der Waals surface area (Å²) in [5.41, 5.74) is 4.38. The Morgan fingerprint density at radius 3 is 2.11 bits per heavy atom. The fourth-order valence-electron chi connectivity index (χ4n) is 2.61. The van der Waals surface area contributed by atoms with Gasteiger partial charge >= 0.3 is 0 Å². The molecule has 144 valence electrons. The van der Waals surface area contributed by atoms with Gasteiger partial charge in [0.2, 0.25) is 5.75 Å². The van der Waals surface area contributed by atoms with Crippen molar-refractivity contribution in [1.82, 2.24) is 0 Å². The van der Waals surface area contributed by atoms with Crippen LogP contribution >= 0.6 is 0 Å². The number of benzene rings is 2. The van der Waals surface area contributed by atoms with Crippen LogP contribution in [0.15, 0.2) is 59.2 Å². The van der Waals surface area contributed by atoms with E-state index in [0.29, 0.717) is 22.9 Å². The molecule has 2 aromatic rings. The SMILES string of the molecule is COc1cc(/C=C/C(=N\C(C)=C\C#N)c2ccc(C)cc2)cc(OC)c1OC. The number of ether oxygens (including phenoxy) is 3. The lowest BCUT2D eigenvalue weighted by molar-refractivity contribution is 0.324. The first-order valence-corrected chi connectivity index (χ1v) is 8.72. The molecule has 0 saturated carbocycles. The average Bonchev–Trinajstić information content (AvgIpc) is 2.71. The average molecular weight is 376 g/mol. The first-order chi connectivity index (χ1) is 13.5. The quantitative estimate of drug-likeness (QED) is 0.507.